The highest BCUT2D eigenvalue weighted by Gasteiger charge is 2.07. The van der Waals surface area contributed by atoms with Gasteiger partial charge in [-0.2, -0.15) is 0 Å². The van der Waals surface area contributed by atoms with Crippen molar-refractivity contribution in [1.82, 2.24) is 5.32 Å². The van der Waals surface area contributed by atoms with E-state index in [-0.39, 0.29) is 12.5 Å². The lowest BCUT2D eigenvalue weighted by atomic mass is 10.0. The average Bonchev–Trinajstić information content (AvgIpc) is 2.59. The molecule has 0 aliphatic carbocycles. The third-order valence-electron chi connectivity index (χ3n) is 3.47. The number of carbonyl (C=O) groups is 1. The van der Waals surface area contributed by atoms with Crippen LogP contribution >= 0.6 is 11.6 Å². The Hall–Kier alpha value is -2.76. The summed E-state index contributed by atoms with van der Waals surface area (Å²) in [6.07, 6.45) is 0. The molecule has 1 N–H and O–H groups in total. The monoisotopic (exact) mass is 319 g/mol. The van der Waals surface area contributed by atoms with Crippen LogP contribution in [0.3, 0.4) is 0 Å². The number of hydrogen-bond donors (Lipinski definition) is 1. The van der Waals surface area contributed by atoms with Gasteiger partial charge in [0.25, 0.3) is 5.91 Å². The molecule has 3 heteroatoms. The second-order valence-corrected chi connectivity index (χ2v) is 5.40. The van der Waals surface area contributed by atoms with E-state index in [4.69, 9.17) is 11.6 Å². The summed E-state index contributed by atoms with van der Waals surface area (Å²) < 4.78 is 0. The van der Waals surface area contributed by atoms with E-state index < -0.39 is 0 Å². The predicted molar refractivity (Wildman–Crippen MR) is 94.6 cm³/mol. The van der Waals surface area contributed by atoms with Crippen molar-refractivity contribution < 1.29 is 4.79 Å². The maximum absolute atomic E-state index is 12.3. The molecule has 0 saturated carbocycles. The highest BCUT2D eigenvalue weighted by molar-refractivity contribution is 6.31. The molecule has 23 heavy (non-hydrogen) atoms. The molecule has 0 unspecified atom stereocenters. The van der Waals surface area contributed by atoms with E-state index in [9.17, 15) is 4.79 Å². The topological polar surface area (TPSA) is 29.1 Å². The fraction of sp³-hybridized carbons (Fsp3) is 0.0500. The maximum Gasteiger partial charge on any atom is 0.252 e. The zero-order valence-corrected chi connectivity index (χ0v) is 13.1. The van der Waals surface area contributed by atoms with Crippen LogP contribution in [0, 0.1) is 11.8 Å². The fourth-order valence-corrected chi connectivity index (χ4v) is 2.53. The SMILES string of the molecule is O=C(NCC#Cc1ccccc1Cl)c1cccc2ccccc12. The Morgan fingerprint density at radius 3 is 2.57 bits per heavy atom. The Balaban J connectivity index is 1.72. The first kappa shape index (κ1) is 15.1. The molecule has 3 aromatic carbocycles. The number of carbonyl (C=O) groups excluding carboxylic acids is 1. The molecule has 0 saturated heterocycles. The number of halogens is 1. The van der Waals surface area contributed by atoms with Gasteiger partial charge in [-0.1, -0.05) is 72.0 Å². The van der Waals surface area contributed by atoms with Gasteiger partial charge in [-0.15, -0.1) is 0 Å². The summed E-state index contributed by atoms with van der Waals surface area (Å²) in [4.78, 5) is 12.3. The Labute approximate surface area is 140 Å². The summed E-state index contributed by atoms with van der Waals surface area (Å²) in [6, 6.07) is 20.9. The number of amides is 1. The second kappa shape index (κ2) is 7.00. The third kappa shape index (κ3) is 3.53. The lowest BCUT2D eigenvalue weighted by molar-refractivity contribution is 0.0960. The summed E-state index contributed by atoms with van der Waals surface area (Å²) in [5.74, 6) is 5.76. The van der Waals surface area contributed by atoms with Crippen molar-refractivity contribution in [3.05, 3.63) is 82.9 Å². The molecule has 1 amide bonds. The number of rotatable bonds is 2. The summed E-state index contributed by atoms with van der Waals surface area (Å²) in [6.45, 7) is 0.271. The second-order valence-electron chi connectivity index (χ2n) is 4.99. The lowest BCUT2D eigenvalue weighted by Gasteiger charge is -2.05. The molecule has 0 aromatic heterocycles. The quantitative estimate of drug-likeness (QED) is 0.702. The molecule has 112 valence electrons. The molecule has 0 bridgehead atoms. The molecule has 0 aliphatic rings. The van der Waals surface area contributed by atoms with Gasteiger partial charge >= 0.3 is 0 Å². The first-order valence-corrected chi connectivity index (χ1v) is 7.63. The highest BCUT2D eigenvalue weighted by atomic mass is 35.5. The minimum absolute atomic E-state index is 0.129. The van der Waals surface area contributed by atoms with Crippen LogP contribution in [0.15, 0.2) is 66.7 Å². The molecular formula is C20H14ClNO. The summed E-state index contributed by atoms with van der Waals surface area (Å²) in [5.41, 5.74) is 1.41. The molecular weight excluding hydrogens is 306 g/mol. The van der Waals surface area contributed by atoms with Crippen molar-refractivity contribution in [2.45, 2.75) is 0 Å². The molecule has 0 fully saturated rings. The van der Waals surface area contributed by atoms with Gasteiger partial charge in [0, 0.05) is 11.1 Å². The first-order chi connectivity index (χ1) is 11.3. The van der Waals surface area contributed by atoms with E-state index in [0.717, 1.165) is 16.3 Å². The number of benzene rings is 3. The van der Waals surface area contributed by atoms with Gasteiger partial charge in [0.2, 0.25) is 0 Å². The van der Waals surface area contributed by atoms with Gasteiger partial charge < -0.3 is 5.32 Å². The Kier molecular flexibility index (Phi) is 4.61. The van der Waals surface area contributed by atoms with Crippen molar-refractivity contribution in [1.29, 1.82) is 0 Å². The Morgan fingerprint density at radius 1 is 0.957 bits per heavy atom. The zero-order valence-electron chi connectivity index (χ0n) is 12.3. The molecule has 0 atom stereocenters. The van der Waals surface area contributed by atoms with Crippen LogP contribution in [0.5, 0.6) is 0 Å². The molecule has 0 heterocycles. The van der Waals surface area contributed by atoms with Gasteiger partial charge in [0.1, 0.15) is 0 Å². The van der Waals surface area contributed by atoms with Crippen LogP contribution in [0.1, 0.15) is 15.9 Å². The van der Waals surface area contributed by atoms with Crippen LogP contribution in [-0.4, -0.2) is 12.5 Å². The van der Waals surface area contributed by atoms with Crippen molar-refractivity contribution in [2.24, 2.45) is 0 Å². The van der Waals surface area contributed by atoms with Gasteiger partial charge in [-0.05, 0) is 29.0 Å². The molecule has 0 radical (unpaired) electrons. The van der Waals surface area contributed by atoms with E-state index in [1.807, 2.05) is 60.7 Å². The zero-order chi connectivity index (χ0) is 16.1. The number of nitrogens with one attached hydrogen (secondary N) is 1. The standard InChI is InChI=1S/C20H14ClNO/c21-19-13-4-2-8-16(19)10-6-14-22-20(23)18-12-5-9-15-7-1-3-11-17(15)18/h1-5,7-9,11-13H,14H2,(H,22,23). The predicted octanol–water partition coefficient (Wildman–Crippen LogP) is 4.27. The summed E-state index contributed by atoms with van der Waals surface area (Å²) >= 11 is 6.04. The van der Waals surface area contributed by atoms with E-state index >= 15 is 0 Å². The minimum Gasteiger partial charge on any atom is -0.341 e. The normalized spacial score (nSPS) is 9.96. The largest absolute Gasteiger partial charge is 0.341 e. The van der Waals surface area contributed by atoms with Gasteiger partial charge in [-0.25, -0.2) is 0 Å². The number of hydrogen-bond acceptors (Lipinski definition) is 1. The summed E-state index contributed by atoms with van der Waals surface area (Å²) in [7, 11) is 0. The van der Waals surface area contributed by atoms with Gasteiger partial charge in [-0.3, -0.25) is 4.79 Å². The smallest absolute Gasteiger partial charge is 0.252 e. The van der Waals surface area contributed by atoms with Crippen molar-refractivity contribution in [3.8, 4) is 11.8 Å². The van der Waals surface area contributed by atoms with Gasteiger partial charge in [0.15, 0.2) is 0 Å². The van der Waals surface area contributed by atoms with Gasteiger partial charge in [0.05, 0.1) is 11.6 Å². The highest BCUT2D eigenvalue weighted by Crippen LogP contribution is 2.18. The van der Waals surface area contributed by atoms with E-state index in [1.54, 1.807) is 6.07 Å². The van der Waals surface area contributed by atoms with E-state index in [2.05, 4.69) is 17.2 Å². The average molecular weight is 320 g/mol. The Morgan fingerprint density at radius 2 is 1.70 bits per heavy atom. The Bertz CT molecular complexity index is 916. The van der Waals surface area contributed by atoms with E-state index in [1.165, 1.54) is 0 Å². The summed E-state index contributed by atoms with van der Waals surface area (Å²) in [5, 5.41) is 5.42. The molecule has 3 rings (SSSR count). The maximum atomic E-state index is 12.3. The minimum atomic E-state index is -0.129. The van der Waals surface area contributed by atoms with Crippen LogP contribution in [0.2, 0.25) is 5.02 Å². The molecule has 3 aromatic rings. The van der Waals surface area contributed by atoms with Crippen LogP contribution in [0.25, 0.3) is 10.8 Å². The van der Waals surface area contributed by atoms with Crippen LogP contribution < -0.4 is 5.32 Å². The molecule has 2 nitrogen and oxygen atoms in total. The number of fused-ring (bicyclic) bond motifs is 1. The van der Waals surface area contributed by atoms with Crippen molar-refractivity contribution in [2.75, 3.05) is 6.54 Å². The van der Waals surface area contributed by atoms with Crippen LogP contribution in [-0.2, 0) is 0 Å². The molecule has 0 aliphatic heterocycles. The van der Waals surface area contributed by atoms with Crippen molar-refractivity contribution >= 4 is 28.3 Å². The lowest BCUT2D eigenvalue weighted by Crippen LogP contribution is -2.23. The van der Waals surface area contributed by atoms with Crippen LogP contribution in [0.4, 0.5) is 0 Å². The third-order valence-corrected chi connectivity index (χ3v) is 3.80. The van der Waals surface area contributed by atoms with E-state index in [0.29, 0.717) is 10.6 Å². The van der Waals surface area contributed by atoms with Crippen molar-refractivity contribution in [3.63, 3.8) is 0 Å². The first-order valence-electron chi connectivity index (χ1n) is 7.25. The fourth-order valence-electron chi connectivity index (χ4n) is 2.35. The molecule has 0 spiro atoms.